The quantitative estimate of drug-likeness (QED) is 0.846. The van der Waals surface area contributed by atoms with E-state index >= 15 is 0 Å². The molecule has 4 saturated carbocycles. The van der Waals surface area contributed by atoms with Crippen LogP contribution in [0.2, 0.25) is 5.02 Å². The molecule has 4 fully saturated rings. The SMILES string of the molecule is Cc1ccc(NC(=O)C2C3CC4CC(C3)CC2C4)c(Cl)c1. The second-order valence-electron chi connectivity index (χ2n) is 7.43. The lowest BCUT2D eigenvalue weighted by atomic mass is 9.51. The van der Waals surface area contributed by atoms with E-state index in [0.29, 0.717) is 16.9 Å². The molecule has 0 saturated heterocycles. The van der Waals surface area contributed by atoms with Gasteiger partial charge >= 0.3 is 0 Å². The Morgan fingerprint density at radius 1 is 1.10 bits per heavy atom. The van der Waals surface area contributed by atoms with Crippen LogP contribution in [0.4, 0.5) is 5.69 Å². The molecule has 5 rings (SSSR count). The number of carbonyl (C=O) groups excluding carboxylic acids is 1. The molecule has 0 spiro atoms. The van der Waals surface area contributed by atoms with Gasteiger partial charge in [-0.2, -0.15) is 0 Å². The van der Waals surface area contributed by atoms with Crippen LogP contribution >= 0.6 is 11.6 Å². The molecule has 4 bridgehead atoms. The standard InChI is InChI=1S/C18H22ClNO/c1-10-2-3-16(15(19)4-10)20-18(21)17-13-6-11-5-12(8-13)9-14(17)7-11/h2-4,11-14,17H,5-9H2,1H3,(H,20,21). The predicted octanol–water partition coefficient (Wildman–Crippen LogP) is 4.66. The van der Waals surface area contributed by atoms with Gasteiger partial charge in [-0.3, -0.25) is 4.79 Å². The highest BCUT2D eigenvalue weighted by molar-refractivity contribution is 6.33. The maximum atomic E-state index is 12.8. The Morgan fingerprint density at radius 2 is 1.71 bits per heavy atom. The highest BCUT2D eigenvalue weighted by Crippen LogP contribution is 2.56. The Bertz CT molecular complexity index is 555. The van der Waals surface area contributed by atoms with Gasteiger partial charge in [0.1, 0.15) is 0 Å². The first-order valence-electron chi connectivity index (χ1n) is 8.17. The van der Waals surface area contributed by atoms with Gasteiger partial charge in [-0.1, -0.05) is 17.7 Å². The third kappa shape index (κ3) is 2.38. The molecule has 1 amide bonds. The maximum absolute atomic E-state index is 12.8. The molecule has 0 unspecified atom stereocenters. The molecule has 4 aliphatic rings. The molecule has 1 aromatic rings. The van der Waals surface area contributed by atoms with Crippen LogP contribution in [0.3, 0.4) is 0 Å². The van der Waals surface area contributed by atoms with E-state index in [1.54, 1.807) is 0 Å². The largest absolute Gasteiger partial charge is 0.325 e. The molecule has 0 heterocycles. The van der Waals surface area contributed by atoms with Gasteiger partial charge in [0.2, 0.25) is 5.91 Å². The van der Waals surface area contributed by atoms with Crippen molar-refractivity contribution in [2.45, 2.75) is 39.0 Å². The first kappa shape index (κ1) is 13.6. The van der Waals surface area contributed by atoms with Crippen LogP contribution in [-0.2, 0) is 4.79 Å². The van der Waals surface area contributed by atoms with Gasteiger partial charge in [0.15, 0.2) is 0 Å². The van der Waals surface area contributed by atoms with Crippen molar-refractivity contribution < 1.29 is 4.79 Å². The molecule has 0 aromatic heterocycles. The zero-order chi connectivity index (χ0) is 14.6. The molecule has 4 aliphatic carbocycles. The topological polar surface area (TPSA) is 29.1 Å². The zero-order valence-electron chi connectivity index (χ0n) is 12.4. The van der Waals surface area contributed by atoms with Gasteiger partial charge in [0.25, 0.3) is 0 Å². The fourth-order valence-corrected chi connectivity index (χ4v) is 5.57. The number of rotatable bonds is 2. The number of anilines is 1. The van der Waals surface area contributed by atoms with E-state index < -0.39 is 0 Å². The van der Waals surface area contributed by atoms with E-state index in [9.17, 15) is 4.79 Å². The monoisotopic (exact) mass is 303 g/mol. The molecule has 1 N–H and O–H groups in total. The zero-order valence-corrected chi connectivity index (χ0v) is 13.2. The molecule has 21 heavy (non-hydrogen) atoms. The number of nitrogens with one attached hydrogen (secondary N) is 1. The summed E-state index contributed by atoms with van der Waals surface area (Å²) in [7, 11) is 0. The molecule has 3 heteroatoms. The van der Waals surface area contributed by atoms with Crippen LogP contribution < -0.4 is 5.32 Å². The van der Waals surface area contributed by atoms with E-state index in [1.165, 1.54) is 32.1 Å². The van der Waals surface area contributed by atoms with Gasteiger partial charge < -0.3 is 5.32 Å². The second kappa shape index (κ2) is 5.01. The minimum atomic E-state index is 0.203. The maximum Gasteiger partial charge on any atom is 0.228 e. The fraction of sp³-hybridized carbons (Fsp3) is 0.611. The number of carbonyl (C=O) groups is 1. The van der Waals surface area contributed by atoms with Crippen LogP contribution in [0.15, 0.2) is 18.2 Å². The summed E-state index contributed by atoms with van der Waals surface area (Å²) in [6, 6.07) is 5.83. The van der Waals surface area contributed by atoms with Gasteiger partial charge in [-0.25, -0.2) is 0 Å². The van der Waals surface area contributed by atoms with Gasteiger partial charge in [-0.05, 0) is 80.4 Å². The number of amides is 1. The summed E-state index contributed by atoms with van der Waals surface area (Å²) < 4.78 is 0. The van der Waals surface area contributed by atoms with Crippen molar-refractivity contribution in [1.82, 2.24) is 0 Å². The average Bonchev–Trinajstić information content (AvgIpc) is 2.40. The predicted molar refractivity (Wildman–Crippen MR) is 85.4 cm³/mol. The Kier molecular flexibility index (Phi) is 3.25. The number of benzene rings is 1. The van der Waals surface area contributed by atoms with Crippen LogP contribution in [0.1, 0.15) is 37.7 Å². The summed E-state index contributed by atoms with van der Waals surface area (Å²) in [6.07, 6.45) is 6.50. The molecule has 2 nitrogen and oxygen atoms in total. The summed E-state index contributed by atoms with van der Waals surface area (Å²) in [4.78, 5) is 12.8. The van der Waals surface area contributed by atoms with Crippen LogP contribution in [0.5, 0.6) is 0 Å². The minimum Gasteiger partial charge on any atom is -0.325 e. The third-order valence-corrected chi connectivity index (χ3v) is 6.22. The van der Waals surface area contributed by atoms with Gasteiger partial charge in [0.05, 0.1) is 10.7 Å². The summed E-state index contributed by atoms with van der Waals surface area (Å²) in [6.45, 7) is 2.01. The first-order valence-corrected chi connectivity index (χ1v) is 8.55. The van der Waals surface area contributed by atoms with E-state index in [1.807, 2.05) is 25.1 Å². The molecule has 0 atom stereocenters. The van der Waals surface area contributed by atoms with Crippen molar-refractivity contribution in [3.63, 3.8) is 0 Å². The van der Waals surface area contributed by atoms with Crippen LogP contribution in [-0.4, -0.2) is 5.91 Å². The average molecular weight is 304 g/mol. The Balaban J connectivity index is 1.52. The second-order valence-corrected chi connectivity index (χ2v) is 7.84. The number of halogens is 1. The van der Waals surface area contributed by atoms with E-state index in [-0.39, 0.29) is 11.8 Å². The normalized spacial score (nSPS) is 36.8. The molecular weight excluding hydrogens is 282 g/mol. The highest BCUT2D eigenvalue weighted by atomic mass is 35.5. The number of hydrogen-bond donors (Lipinski definition) is 1. The van der Waals surface area contributed by atoms with Crippen molar-refractivity contribution in [3.8, 4) is 0 Å². The fourth-order valence-electron chi connectivity index (χ4n) is 5.29. The number of hydrogen-bond acceptors (Lipinski definition) is 1. The summed E-state index contributed by atoms with van der Waals surface area (Å²) >= 11 is 6.25. The lowest BCUT2D eigenvalue weighted by Crippen LogP contribution is -2.49. The first-order chi connectivity index (χ1) is 10.1. The van der Waals surface area contributed by atoms with E-state index in [2.05, 4.69) is 5.32 Å². The van der Waals surface area contributed by atoms with Crippen LogP contribution in [0.25, 0.3) is 0 Å². The lowest BCUT2D eigenvalue weighted by Gasteiger charge is -2.53. The Morgan fingerprint density at radius 3 is 2.29 bits per heavy atom. The van der Waals surface area contributed by atoms with Crippen molar-refractivity contribution in [1.29, 1.82) is 0 Å². The van der Waals surface area contributed by atoms with Crippen molar-refractivity contribution in [2.75, 3.05) is 5.32 Å². The third-order valence-electron chi connectivity index (χ3n) is 5.91. The van der Waals surface area contributed by atoms with Crippen molar-refractivity contribution in [3.05, 3.63) is 28.8 Å². The van der Waals surface area contributed by atoms with Crippen molar-refractivity contribution >= 4 is 23.2 Å². The molecule has 0 radical (unpaired) electrons. The Labute approximate surface area is 131 Å². The van der Waals surface area contributed by atoms with Crippen molar-refractivity contribution in [2.24, 2.45) is 29.6 Å². The molecule has 112 valence electrons. The summed E-state index contributed by atoms with van der Waals surface area (Å²) in [5, 5.41) is 3.74. The number of aryl methyl sites for hydroxylation is 1. The van der Waals surface area contributed by atoms with Crippen LogP contribution in [0, 0.1) is 36.5 Å². The molecule has 0 aliphatic heterocycles. The summed E-state index contributed by atoms with van der Waals surface area (Å²) in [5.74, 6) is 3.46. The summed E-state index contributed by atoms with van der Waals surface area (Å²) in [5.41, 5.74) is 1.88. The van der Waals surface area contributed by atoms with Gasteiger partial charge in [0, 0.05) is 5.92 Å². The van der Waals surface area contributed by atoms with E-state index in [0.717, 1.165) is 23.1 Å². The minimum absolute atomic E-state index is 0.203. The highest BCUT2D eigenvalue weighted by Gasteiger charge is 2.50. The van der Waals surface area contributed by atoms with Gasteiger partial charge in [-0.15, -0.1) is 0 Å². The molecular formula is C18H22ClNO. The van der Waals surface area contributed by atoms with E-state index in [4.69, 9.17) is 11.6 Å². The Hall–Kier alpha value is -1.02. The molecule has 1 aromatic carbocycles. The lowest BCUT2D eigenvalue weighted by molar-refractivity contribution is -0.132. The smallest absolute Gasteiger partial charge is 0.228 e.